The lowest BCUT2D eigenvalue weighted by Gasteiger charge is -2.19. The number of aromatic nitrogens is 1. The van der Waals surface area contributed by atoms with E-state index >= 15 is 0 Å². The van der Waals surface area contributed by atoms with Crippen LogP contribution in [-0.2, 0) is 0 Å². The summed E-state index contributed by atoms with van der Waals surface area (Å²) in [5, 5.41) is 6.57. The van der Waals surface area contributed by atoms with Crippen molar-refractivity contribution in [2.45, 2.75) is 20.8 Å². The van der Waals surface area contributed by atoms with Gasteiger partial charge in [0.05, 0.1) is 5.69 Å². The molecule has 0 aromatic carbocycles. The van der Waals surface area contributed by atoms with Crippen LogP contribution in [0.5, 0.6) is 0 Å². The molecule has 0 radical (unpaired) electrons. The summed E-state index contributed by atoms with van der Waals surface area (Å²) in [4.78, 5) is 6.78. The zero-order chi connectivity index (χ0) is 10.4. The predicted molar refractivity (Wildman–Crippen MR) is 63.3 cm³/mol. The largest absolute Gasteiger partial charge is 0.347 e. The molecule has 0 saturated heterocycles. The van der Waals surface area contributed by atoms with E-state index in [-0.39, 0.29) is 0 Å². The third-order valence-corrected chi connectivity index (χ3v) is 3.09. The van der Waals surface area contributed by atoms with Gasteiger partial charge in [0.2, 0.25) is 0 Å². The summed E-state index contributed by atoms with van der Waals surface area (Å²) in [7, 11) is 0. The second-order valence-electron chi connectivity index (χ2n) is 3.20. The first kappa shape index (κ1) is 11.5. The number of aryl methyl sites for hydroxylation is 1. The maximum absolute atomic E-state index is 4.48. The molecule has 0 aliphatic carbocycles. The van der Waals surface area contributed by atoms with Crippen molar-refractivity contribution in [3.8, 4) is 0 Å². The van der Waals surface area contributed by atoms with Crippen LogP contribution in [0.2, 0.25) is 0 Å². The van der Waals surface area contributed by atoms with E-state index < -0.39 is 0 Å². The molecule has 0 amide bonds. The first-order valence-corrected chi connectivity index (χ1v) is 6.03. The van der Waals surface area contributed by atoms with E-state index in [0.717, 1.165) is 37.0 Å². The van der Waals surface area contributed by atoms with E-state index in [1.165, 1.54) is 0 Å². The zero-order valence-corrected chi connectivity index (χ0v) is 10.0. The normalized spacial score (nSPS) is 10.5. The minimum atomic E-state index is 1.03. The molecule has 80 valence electrons. The number of hydrogen-bond acceptors (Lipinski definition) is 4. The van der Waals surface area contributed by atoms with Crippen molar-refractivity contribution >= 4 is 16.5 Å². The van der Waals surface area contributed by atoms with Crippen molar-refractivity contribution < 1.29 is 0 Å². The summed E-state index contributed by atoms with van der Waals surface area (Å²) in [5.74, 6) is 0. The molecular weight excluding hydrogens is 194 g/mol. The number of hydrogen-bond donors (Lipinski definition) is 1. The van der Waals surface area contributed by atoms with E-state index in [1.807, 2.05) is 6.92 Å². The summed E-state index contributed by atoms with van der Waals surface area (Å²) < 4.78 is 0. The van der Waals surface area contributed by atoms with Gasteiger partial charge in [0, 0.05) is 25.0 Å². The molecule has 1 aromatic heterocycles. The summed E-state index contributed by atoms with van der Waals surface area (Å²) in [6.45, 7) is 10.5. The van der Waals surface area contributed by atoms with Gasteiger partial charge in [-0.15, -0.1) is 11.3 Å². The molecule has 3 nitrogen and oxygen atoms in total. The molecule has 0 fully saturated rings. The maximum atomic E-state index is 4.48. The molecule has 0 bridgehead atoms. The topological polar surface area (TPSA) is 28.2 Å². The lowest BCUT2D eigenvalue weighted by Crippen LogP contribution is -2.31. The maximum Gasteiger partial charge on any atom is 0.185 e. The number of rotatable bonds is 6. The summed E-state index contributed by atoms with van der Waals surface area (Å²) in [6.07, 6.45) is 0. The molecule has 0 aliphatic heterocycles. The van der Waals surface area contributed by atoms with Gasteiger partial charge in [-0.2, -0.15) is 0 Å². The molecule has 1 N–H and O–H groups in total. The molecule has 4 heteroatoms. The molecule has 0 unspecified atom stereocenters. The summed E-state index contributed by atoms with van der Waals surface area (Å²) in [6, 6.07) is 0. The number of thiazole rings is 1. The van der Waals surface area contributed by atoms with Crippen LogP contribution in [0.25, 0.3) is 0 Å². The molecular formula is C10H19N3S. The Morgan fingerprint density at radius 2 is 2.29 bits per heavy atom. The van der Waals surface area contributed by atoms with Gasteiger partial charge in [0.1, 0.15) is 0 Å². The fourth-order valence-corrected chi connectivity index (χ4v) is 2.16. The Morgan fingerprint density at radius 3 is 2.79 bits per heavy atom. The first-order chi connectivity index (χ1) is 6.77. The number of nitrogens with one attached hydrogen (secondary N) is 1. The van der Waals surface area contributed by atoms with Gasteiger partial charge in [-0.05, 0) is 20.4 Å². The fourth-order valence-electron chi connectivity index (χ4n) is 1.27. The average molecular weight is 213 g/mol. The van der Waals surface area contributed by atoms with Gasteiger partial charge in [0.25, 0.3) is 0 Å². The van der Waals surface area contributed by atoms with Gasteiger partial charge >= 0.3 is 0 Å². The lowest BCUT2D eigenvalue weighted by atomic mass is 10.5. The Bertz CT molecular complexity index is 260. The van der Waals surface area contributed by atoms with Crippen LogP contribution < -0.4 is 10.2 Å². The monoisotopic (exact) mass is 213 g/mol. The van der Waals surface area contributed by atoms with Crippen LogP contribution in [0.4, 0.5) is 5.13 Å². The van der Waals surface area contributed by atoms with Gasteiger partial charge in [-0.3, -0.25) is 0 Å². The minimum absolute atomic E-state index is 1.03. The summed E-state index contributed by atoms with van der Waals surface area (Å²) >= 11 is 1.73. The van der Waals surface area contributed by atoms with Crippen LogP contribution in [0.1, 0.15) is 19.5 Å². The van der Waals surface area contributed by atoms with E-state index in [1.54, 1.807) is 11.3 Å². The smallest absolute Gasteiger partial charge is 0.185 e. The quantitative estimate of drug-likeness (QED) is 0.731. The third kappa shape index (κ3) is 3.27. The van der Waals surface area contributed by atoms with Crippen molar-refractivity contribution in [1.29, 1.82) is 0 Å². The molecule has 0 saturated carbocycles. The average Bonchev–Trinajstić information content (AvgIpc) is 2.60. The predicted octanol–water partition coefficient (Wildman–Crippen LogP) is 1.89. The fraction of sp³-hybridized carbons (Fsp3) is 0.700. The van der Waals surface area contributed by atoms with E-state index in [2.05, 4.69) is 34.4 Å². The van der Waals surface area contributed by atoms with Crippen LogP contribution in [0.3, 0.4) is 0 Å². The van der Waals surface area contributed by atoms with E-state index in [9.17, 15) is 0 Å². The van der Waals surface area contributed by atoms with Crippen molar-refractivity contribution in [3.05, 3.63) is 11.1 Å². The van der Waals surface area contributed by atoms with Crippen molar-refractivity contribution in [3.63, 3.8) is 0 Å². The second-order valence-corrected chi connectivity index (χ2v) is 4.04. The van der Waals surface area contributed by atoms with Crippen molar-refractivity contribution in [1.82, 2.24) is 10.3 Å². The van der Waals surface area contributed by atoms with Crippen LogP contribution in [0, 0.1) is 6.92 Å². The van der Waals surface area contributed by atoms with E-state index in [4.69, 9.17) is 0 Å². The van der Waals surface area contributed by atoms with Crippen LogP contribution >= 0.6 is 11.3 Å². The molecule has 0 spiro atoms. The number of likely N-dealkylation sites (N-methyl/N-ethyl adjacent to an activating group) is 2. The SMILES string of the molecule is CCNCCN(CC)c1nc(C)cs1. The second kappa shape index (κ2) is 5.98. The highest BCUT2D eigenvalue weighted by atomic mass is 32.1. The molecule has 1 rings (SSSR count). The van der Waals surface area contributed by atoms with Gasteiger partial charge in [0.15, 0.2) is 5.13 Å². The van der Waals surface area contributed by atoms with Crippen molar-refractivity contribution in [2.75, 3.05) is 31.1 Å². The highest BCUT2D eigenvalue weighted by Crippen LogP contribution is 2.19. The minimum Gasteiger partial charge on any atom is -0.347 e. The molecule has 0 atom stereocenters. The Morgan fingerprint density at radius 1 is 1.50 bits per heavy atom. The van der Waals surface area contributed by atoms with Gasteiger partial charge < -0.3 is 10.2 Å². The third-order valence-electron chi connectivity index (χ3n) is 2.07. The van der Waals surface area contributed by atoms with Crippen LogP contribution in [0.15, 0.2) is 5.38 Å². The molecule has 14 heavy (non-hydrogen) atoms. The van der Waals surface area contributed by atoms with Gasteiger partial charge in [-0.25, -0.2) is 4.98 Å². The van der Waals surface area contributed by atoms with E-state index in [0.29, 0.717) is 0 Å². The summed E-state index contributed by atoms with van der Waals surface area (Å²) in [5.41, 5.74) is 1.12. The Kier molecular flexibility index (Phi) is 4.90. The number of anilines is 1. The molecule has 1 aromatic rings. The van der Waals surface area contributed by atoms with Crippen molar-refractivity contribution in [2.24, 2.45) is 0 Å². The first-order valence-electron chi connectivity index (χ1n) is 5.15. The molecule has 1 heterocycles. The Hall–Kier alpha value is -0.610. The molecule has 0 aliphatic rings. The number of nitrogens with zero attached hydrogens (tertiary/aromatic N) is 2. The highest BCUT2D eigenvalue weighted by Gasteiger charge is 2.06. The lowest BCUT2D eigenvalue weighted by molar-refractivity contribution is 0.687. The Balaban J connectivity index is 2.45. The highest BCUT2D eigenvalue weighted by molar-refractivity contribution is 7.13. The standard InChI is InChI=1S/C10H19N3S/c1-4-11-6-7-13(5-2)10-12-9(3)8-14-10/h8,11H,4-7H2,1-3H3. The Labute approximate surface area is 90.2 Å². The zero-order valence-electron chi connectivity index (χ0n) is 9.21. The van der Waals surface area contributed by atoms with Crippen LogP contribution in [-0.4, -0.2) is 31.2 Å². The van der Waals surface area contributed by atoms with Gasteiger partial charge in [-0.1, -0.05) is 6.92 Å².